The van der Waals surface area contributed by atoms with E-state index >= 15 is 0 Å². The van der Waals surface area contributed by atoms with Gasteiger partial charge in [0.25, 0.3) is 0 Å². The minimum atomic E-state index is -0.951. The van der Waals surface area contributed by atoms with Crippen molar-refractivity contribution in [1.82, 2.24) is 4.98 Å². The molecule has 2 aromatic rings. The first-order valence-corrected chi connectivity index (χ1v) is 6.36. The lowest BCUT2D eigenvalue weighted by Crippen LogP contribution is -1.96. The molecule has 1 aromatic carbocycles. The van der Waals surface area contributed by atoms with Crippen LogP contribution in [0.1, 0.15) is 27.8 Å². The van der Waals surface area contributed by atoms with Gasteiger partial charge in [-0.05, 0) is 30.3 Å². The number of Topliss-reactive ketones (excluding diaryl/α,β-unsaturated/α-hetero) is 1. The molecule has 0 amide bonds. The molecule has 4 nitrogen and oxygen atoms in total. The summed E-state index contributed by atoms with van der Waals surface area (Å²) in [5.41, 5.74) is 0.668. The molecule has 0 atom stereocenters. The SMILES string of the molecule is CC(=O)c1ccc(Sc2cccc(C(=O)O)c2)cn1. The van der Waals surface area contributed by atoms with Gasteiger partial charge >= 0.3 is 5.97 Å². The second-order valence-electron chi connectivity index (χ2n) is 3.87. The molecule has 1 aromatic heterocycles. The van der Waals surface area contributed by atoms with Gasteiger partial charge in [-0.2, -0.15) is 0 Å². The van der Waals surface area contributed by atoms with Crippen LogP contribution in [0.5, 0.6) is 0 Å². The van der Waals surface area contributed by atoms with Gasteiger partial charge < -0.3 is 5.11 Å². The maximum atomic E-state index is 11.1. The molecule has 0 aliphatic heterocycles. The Bertz CT molecular complexity index is 623. The van der Waals surface area contributed by atoms with Crippen LogP contribution in [0.2, 0.25) is 0 Å². The van der Waals surface area contributed by atoms with Crippen LogP contribution in [0.15, 0.2) is 52.4 Å². The zero-order chi connectivity index (χ0) is 13.8. The summed E-state index contributed by atoms with van der Waals surface area (Å²) in [6, 6.07) is 10.1. The van der Waals surface area contributed by atoms with Crippen LogP contribution in [0, 0.1) is 0 Å². The Morgan fingerprint density at radius 3 is 2.53 bits per heavy atom. The van der Waals surface area contributed by atoms with Crippen LogP contribution >= 0.6 is 11.8 Å². The van der Waals surface area contributed by atoms with Gasteiger partial charge in [0.2, 0.25) is 0 Å². The maximum Gasteiger partial charge on any atom is 0.335 e. The van der Waals surface area contributed by atoms with E-state index in [1.807, 2.05) is 6.07 Å². The van der Waals surface area contributed by atoms with Crippen molar-refractivity contribution < 1.29 is 14.7 Å². The molecule has 0 saturated heterocycles. The number of carbonyl (C=O) groups is 2. The highest BCUT2D eigenvalue weighted by Crippen LogP contribution is 2.27. The number of carbonyl (C=O) groups excluding carboxylic acids is 1. The molecule has 0 saturated carbocycles. The normalized spacial score (nSPS) is 10.2. The molecular formula is C14H11NO3S. The van der Waals surface area contributed by atoms with E-state index < -0.39 is 5.97 Å². The fraction of sp³-hybridized carbons (Fsp3) is 0.0714. The molecule has 5 heteroatoms. The summed E-state index contributed by atoms with van der Waals surface area (Å²) >= 11 is 1.40. The third kappa shape index (κ3) is 3.42. The van der Waals surface area contributed by atoms with Crippen molar-refractivity contribution in [3.63, 3.8) is 0 Å². The second-order valence-corrected chi connectivity index (χ2v) is 5.02. The van der Waals surface area contributed by atoms with Crippen LogP contribution in [-0.2, 0) is 0 Å². The Hall–Kier alpha value is -2.14. The van der Waals surface area contributed by atoms with Gasteiger partial charge in [0, 0.05) is 22.9 Å². The molecule has 0 aliphatic rings. The van der Waals surface area contributed by atoms with Crippen LogP contribution in [-0.4, -0.2) is 21.8 Å². The zero-order valence-electron chi connectivity index (χ0n) is 10.2. The average molecular weight is 273 g/mol. The number of aromatic nitrogens is 1. The quantitative estimate of drug-likeness (QED) is 0.867. The minimum Gasteiger partial charge on any atom is -0.478 e. The molecule has 0 bridgehead atoms. The van der Waals surface area contributed by atoms with E-state index in [1.165, 1.54) is 18.7 Å². The number of rotatable bonds is 4. The van der Waals surface area contributed by atoms with E-state index in [1.54, 1.807) is 36.5 Å². The average Bonchev–Trinajstić information content (AvgIpc) is 2.39. The molecular weight excluding hydrogens is 262 g/mol. The van der Waals surface area contributed by atoms with Crippen molar-refractivity contribution in [2.75, 3.05) is 0 Å². The van der Waals surface area contributed by atoms with E-state index in [2.05, 4.69) is 4.98 Å². The van der Waals surface area contributed by atoms with Gasteiger partial charge in [0.05, 0.1) is 5.56 Å². The summed E-state index contributed by atoms with van der Waals surface area (Å²) in [5.74, 6) is -1.03. The summed E-state index contributed by atoms with van der Waals surface area (Å²) in [5, 5.41) is 8.91. The van der Waals surface area contributed by atoms with Gasteiger partial charge in [-0.1, -0.05) is 17.8 Å². The summed E-state index contributed by atoms with van der Waals surface area (Å²) in [6.07, 6.45) is 1.61. The van der Waals surface area contributed by atoms with E-state index in [4.69, 9.17) is 5.11 Å². The third-order valence-corrected chi connectivity index (χ3v) is 3.38. The Labute approximate surface area is 114 Å². The first-order valence-electron chi connectivity index (χ1n) is 5.54. The largest absolute Gasteiger partial charge is 0.478 e. The van der Waals surface area contributed by atoms with Gasteiger partial charge in [-0.3, -0.25) is 9.78 Å². The molecule has 0 aliphatic carbocycles. The molecule has 0 radical (unpaired) electrons. The molecule has 1 heterocycles. The zero-order valence-corrected chi connectivity index (χ0v) is 11.0. The fourth-order valence-electron chi connectivity index (χ4n) is 1.48. The van der Waals surface area contributed by atoms with Crippen molar-refractivity contribution in [3.05, 3.63) is 53.9 Å². The summed E-state index contributed by atoms with van der Waals surface area (Å²) in [4.78, 5) is 27.7. The van der Waals surface area contributed by atoms with Crippen LogP contribution in [0.3, 0.4) is 0 Å². The second kappa shape index (κ2) is 5.67. The topological polar surface area (TPSA) is 67.3 Å². The van der Waals surface area contributed by atoms with E-state index in [0.717, 1.165) is 9.79 Å². The number of ketones is 1. The predicted molar refractivity (Wildman–Crippen MR) is 71.8 cm³/mol. The molecule has 0 spiro atoms. The first-order chi connectivity index (χ1) is 9.06. The number of pyridine rings is 1. The number of carboxylic acids is 1. The summed E-state index contributed by atoms with van der Waals surface area (Å²) in [6.45, 7) is 1.46. The highest BCUT2D eigenvalue weighted by atomic mass is 32.2. The lowest BCUT2D eigenvalue weighted by atomic mass is 10.2. The maximum absolute atomic E-state index is 11.1. The molecule has 0 unspecified atom stereocenters. The Morgan fingerprint density at radius 2 is 1.95 bits per heavy atom. The highest BCUT2D eigenvalue weighted by molar-refractivity contribution is 7.99. The minimum absolute atomic E-state index is 0.0792. The van der Waals surface area contributed by atoms with Crippen LogP contribution < -0.4 is 0 Å². The molecule has 19 heavy (non-hydrogen) atoms. The number of hydrogen-bond donors (Lipinski definition) is 1. The molecule has 0 fully saturated rings. The molecule has 1 N–H and O–H groups in total. The van der Waals surface area contributed by atoms with Crippen molar-refractivity contribution >= 4 is 23.5 Å². The summed E-state index contributed by atoms with van der Waals surface area (Å²) < 4.78 is 0. The lowest BCUT2D eigenvalue weighted by molar-refractivity contribution is 0.0696. The van der Waals surface area contributed by atoms with E-state index in [-0.39, 0.29) is 11.3 Å². The number of nitrogens with zero attached hydrogens (tertiary/aromatic N) is 1. The molecule has 96 valence electrons. The number of aromatic carboxylic acids is 1. The van der Waals surface area contributed by atoms with Crippen molar-refractivity contribution in [2.24, 2.45) is 0 Å². The van der Waals surface area contributed by atoms with Gasteiger partial charge in [0.1, 0.15) is 5.69 Å². The first kappa shape index (κ1) is 13.3. The third-order valence-electron chi connectivity index (χ3n) is 2.41. The van der Waals surface area contributed by atoms with E-state index in [0.29, 0.717) is 5.69 Å². The Kier molecular flexibility index (Phi) is 3.97. The van der Waals surface area contributed by atoms with Crippen molar-refractivity contribution in [2.45, 2.75) is 16.7 Å². The van der Waals surface area contributed by atoms with Crippen LogP contribution in [0.4, 0.5) is 0 Å². The van der Waals surface area contributed by atoms with Gasteiger partial charge in [-0.25, -0.2) is 4.79 Å². The predicted octanol–water partition coefficient (Wildman–Crippen LogP) is 3.13. The summed E-state index contributed by atoms with van der Waals surface area (Å²) in [7, 11) is 0. The van der Waals surface area contributed by atoms with Crippen LogP contribution in [0.25, 0.3) is 0 Å². The van der Waals surface area contributed by atoms with Gasteiger partial charge in [0.15, 0.2) is 5.78 Å². The smallest absolute Gasteiger partial charge is 0.335 e. The standard InChI is InChI=1S/C14H11NO3S/c1-9(16)13-6-5-12(8-15-13)19-11-4-2-3-10(7-11)14(17)18/h2-8H,1H3,(H,17,18). The lowest BCUT2D eigenvalue weighted by Gasteiger charge is -2.03. The number of carboxylic acid groups (broad SMARTS) is 1. The van der Waals surface area contributed by atoms with Gasteiger partial charge in [-0.15, -0.1) is 0 Å². The molecule has 2 rings (SSSR count). The van der Waals surface area contributed by atoms with Crippen molar-refractivity contribution in [1.29, 1.82) is 0 Å². The monoisotopic (exact) mass is 273 g/mol. The van der Waals surface area contributed by atoms with Crippen molar-refractivity contribution in [3.8, 4) is 0 Å². The number of hydrogen-bond acceptors (Lipinski definition) is 4. The van der Waals surface area contributed by atoms with E-state index in [9.17, 15) is 9.59 Å². The number of benzene rings is 1. The Balaban J connectivity index is 2.19. The Morgan fingerprint density at radius 1 is 1.16 bits per heavy atom. The fourth-order valence-corrected chi connectivity index (χ4v) is 2.32. The highest BCUT2D eigenvalue weighted by Gasteiger charge is 2.05.